The van der Waals surface area contributed by atoms with Gasteiger partial charge in [-0.1, -0.05) is 19.9 Å². The molecule has 1 aliphatic heterocycles. The topological polar surface area (TPSA) is 87.3 Å². The Balaban J connectivity index is 2.00. The Labute approximate surface area is 157 Å². The highest BCUT2D eigenvalue weighted by Gasteiger charge is 2.22. The van der Waals surface area contributed by atoms with Gasteiger partial charge < -0.3 is 10.6 Å². The van der Waals surface area contributed by atoms with Gasteiger partial charge in [0, 0.05) is 12.1 Å². The van der Waals surface area contributed by atoms with E-state index in [0.717, 1.165) is 31.5 Å². The second-order valence-electron chi connectivity index (χ2n) is 7.24. The number of piperidine rings is 1. The van der Waals surface area contributed by atoms with Crippen molar-refractivity contribution in [1.29, 1.82) is 0 Å². The van der Waals surface area contributed by atoms with Gasteiger partial charge in [-0.2, -0.15) is 0 Å². The summed E-state index contributed by atoms with van der Waals surface area (Å²) in [5.41, 5.74) is 1.90. The molecule has 0 spiro atoms. The molecule has 1 aromatic carbocycles. The molecule has 6 nitrogen and oxygen atoms in total. The minimum atomic E-state index is -3.36. The Morgan fingerprint density at radius 1 is 1.35 bits per heavy atom. The molecule has 7 heteroatoms. The van der Waals surface area contributed by atoms with Crippen LogP contribution in [0.3, 0.4) is 0 Å². The highest BCUT2D eigenvalue weighted by Crippen LogP contribution is 2.26. The van der Waals surface area contributed by atoms with Gasteiger partial charge in [-0.3, -0.25) is 9.52 Å². The summed E-state index contributed by atoms with van der Waals surface area (Å²) in [6.45, 7) is 7.80. The maximum Gasteiger partial charge on any atom is 0.232 e. The molecule has 2 unspecified atom stereocenters. The van der Waals surface area contributed by atoms with Crippen molar-refractivity contribution in [3.8, 4) is 0 Å². The van der Waals surface area contributed by atoms with Crippen molar-refractivity contribution < 1.29 is 13.2 Å². The summed E-state index contributed by atoms with van der Waals surface area (Å²) < 4.78 is 26.6. The molecule has 0 radical (unpaired) electrons. The first-order chi connectivity index (χ1) is 12.3. The van der Waals surface area contributed by atoms with Crippen molar-refractivity contribution in [1.82, 2.24) is 5.32 Å². The number of carbonyl (C=O) groups is 1. The van der Waals surface area contributed by atoms with Crippen LogP contribution in [0.25, 0.3) is 0 Å². The Kier molecular flexibility index (Phi) is 7.46. The van der Waals surface area contributed by atoms with Gasteiger partial charge in [-0.25, -0.2) is 8.42 Å². The second-order valence-corrected chi connectivity index (χ2v) is 9.08. The zero-order valence-electron chi connectivity index (χ0n) is 16.0. The molecular formula is C19H31N3O3S. The van der Waals surface area contributed by atoms with Crippen molar-refractivity contribution in [2.45, 2.75) is 46.5 Å². The molecule has 1 saturated heterocycles. The highest BCUT2D eigenvalue weighted by atomic mass is 32.2. The third kappa shape index (κ3) is 5.99. The molecule has 1 aromatic rings. The van der Waals surface area contributed by atoms with Crippen molar-refractivity contribution >= 4 is 27.3 Å². The SMILES string of the molecule is CCCS(=O)(=O)Nc1cccc(NC(=O)CC(C)C2CCCNC2)c1C. The van der Waals surface area contributed by atoms with Crippen LogP contribution >= 0.6 is 0 Å². The molecule has 0 aromatic heterocycles. The van der Waals surface area contributed by atoms with Gasteiger partial charge >= 0.3 is 0 Å². The molecule has 1 heterocycles. The first-order valence-electron chi connectivity index (χ1n) is 9.43. The number of sulfonamides is 1. The molecule has 146 valence electrons. The molecule has 1 fully saturated rings. The second kappa shape index (κ2) is 9.37. The molecule has 0 saturated carbocycles. The lowest BCUT2D eigenvalue weighted by atomic mass is 9.85. The van der Waals surface area contributed by atoms with Crippen LogP contribution in [0.2, 0.25) is 0 Å². The largest absolute Gasteiger partial charge is 0.326 e. The van der Waals surface area contributed by atoms with E-state index < -0.39 is 10.0 Å². The standard InChI is InChI=1S/C19H31N3O3S/c1-4-11-26(24,25)22-18-9-5-8-17(15(18)3)21-19(23)12-14(2)16-7-6-10-20-13-16/h5,8-9,14,16,20,22H,4,6-7,10-13H2,1-3H3,(H,21,23). The van der Waals surface area contributed by atoms with E-state index >= 15 is 0 Å². The quantitative estimate of drug-likeness (QED) is 0.646. The van der Waals surface area contributed by atoms with E-state index in [1.54, 1.807) is 18.2 Å². The zero-order valence-corrected chi connectivity index (χ0v) is 16.8. The van der Waals surface area contributed by atoms with Gasteiger partial charge in [0.15, 0.2) is 0 Å². The van der Waals surface area contributed by atoms with E-state index in [0.29, 0.717) is 36.1 Å². The average molecular weight is 382 g/mol. The smallest absolute Gasteiger partial charge is 0.232 e. The van der Waals surface area contributed by atoms with Crippen LogP contribution in [0.1, 0.15) is 45.1 Å². The lowest BCUT2D eigenvalue weighted by molar-refractivity contribution is -0.117. The van der Waals surface area contributed by atoms with Crippen LogP contribution in [-0.2, 0) is 14.8 Å². The summed E-state index contributed by atoms with van der Waals surface area (Å²) in [4.78, 5) is 12.4. The molecule has 2 rings (SSSR count). The molecule has 3 N–H and O–H groups in total. The maximum atomic E-state index is 12.4. The van der Waals surface area contributed by atoms with Gasteiger partial charge in [-0.15, -0.1) is 0 Å². The fourth-order valence-electron chi connectivity index (χ4n) is 3.39. The lowest BCUT2D eigenvalue weighted by Crippen LogP contribution is -2.34. The first kappa shape index (κ1) is 20.7. The van der Waals surface area contributed by atoms with Crippen molar-refractivity contribution in [3.05, 3.63) is 23.8 Å². The predicted octanol–water partition coefficient (Wildman–Crippen LogP) is 3.11. The Morgan fingerprint density at radius 3 is 2.73 bits per heavy atom. The van der Waals surface area contributed by atoms with Gasteiger partial charge in [0.05, 0.1) is 11.4 Å². The highest BCUT2D eigenvalue weighted by molar-refractivity contribution is 7.92. The lowest BCUT2D eigenvalue weighted by Gasteiger charge is -2.28. The third-order valence-corrected chi connectivity index (χ3v) is 6.47. The summed E-state index contributed by atoms with van der Waals surface area (Å²) >= 11 is 0. The van der Waals surface area contributed by atoms with Crippen molar-refractivity contribution in [3.63, 3.8) is 0 Å². The van der Waals surface area contributed by atoms with Gasteiger partial charge in [-0.05, 0) is 68.8 Å². The Morgan fingerprint density at radius 2 is 2.08 bits per heavy atom. The number of nitrogens with one attached hydrogen (secondary N) is 3. The third-order valence-electron chi connectivity index (χ3n) is 4.99. The minimum Gasteiger partial charge on any atom is -0.326 e. The fraction of sp³-hybridized carbons (Fsp3) is 0.632. The van der Waals surface area contributed by atoms with Gasteiger partial charge in [0.25, 0.3) is 0 Å². The normalized spacial score (nSPS) is 19.0. The monoisotopic (exact) mass is 381 g/mol. The van der Waals surface area contributed by atoms with Crippen LogP contribution in [0.4, 0.5) is 11.4 Å². The van der Waals surface area contributed by atoms with Crippen LogP contribution in [0, 0.1) is 18.8 Å². The molecule has 1 amide bonds. The number of amides is 1. The zero-order chi connectivity index (χ0) is 19.2. The van der Waals surface area contributed by atoms with E-state index in [2.05, 4.69) is 22.3 Å². The van der Waals surface area contributed by atoms with Gasteiger partial charge in [0.2, 0.25) is 15.9 Å². The number of rotatable bonds is 8. The summed E-state index contributed by atoms with van der Waals surface area (Å²) in [5, 5.41) is 6.33. The predicted molar refractivity (Wildman–Crippen MR) is 107 cm³/mol. The first-order valence-corrected chi connectivity index (χ1v) is 11.1. The summed E-state index contributed by atoms with van der Waals surface area (Å²) in [6, 6.07) is 5.27. The summed E-state index contributed by atoms with van der Waals surface area (Å²) in [6.07, 6.45) is 3.35. The molecule has 0 bridgehead atoms. The maximum absolute atomic E-state index is 12.4. The van der Waals surface area contributed by atoms with Gasteiger partial charge in [0.1, 0.15) is 0 Å². The van der Waals surface area contributed by atoms with Crippen LogP contribution in [-0.4, -0.2) is 33.2 Å². The van der Waals surface area contributed by atoms with E-state index in [1.165, 1.54) is 0 Å². The average Bonchev–Trinajstić information content (AvgIpc) is 2.59. The van der Waals surface area contributed by atoms with E-state index in [9.17, 15) is 13.2 Å². The van der Waals surface area contributed by atoms with Crippen LogP contribution in [0.5, 0.6) is 0 Å². The molecule has 26 heavy (non-hydrogen) atoms. The number of carbonyl (C=O) groups excluding carboxylic acids is 1. The van der Waals surface area contributed by atoms with Crippen LogP contribution in [0.15, 0.2) is 18.2 Å². The molecule has 1 aliphatic rings. The summed E-state index contributed by atoms with van der Waals surface area (Å²) in [5.74, 6) is 0.896. The minimum absolute atomic E-state index is 0.0280. The number of benzene rings is 1. The Bertz CT molecular complexity index is 713. The Hall–Kier alpha value is -1.60. The molecule has 0 aliphatic carbocycles. The number of anilines is 2. The fourth-order valence-corrected chi connectivity index (χ4v) is 4.59. The summed E-state index contributed by atoms with van der Waals surface area (Å²) in [7, 11) is -3.36. The van der Waals surface area contributed by atoms with E-state index in [4.69, 9.17) is 0 Å². The molecule has 2 atom stereocenters. The van der Waals surface area contributed by atoms with Crippen molar-refractivity contribution in [2.24, 2.45) is 11.8 Å². The van der Waals surface area contributed by atoms with E-state index in [-0.39, 0.29) is 11.7 Å². The molecular weight excluding hydrogens is 350 g/mol. The van der Waals surface area contributed by atoms with Crippen LogP contribution < -0.4 is 15.4 Å². The van der Waals surface area contributed by atoms with E-state index in [1.807, 2.05) is 13.8 Å². The number of hydrogen-bond acceptors (Lipinski definition) is 4. The number of hydrogen-bond donors (Lipinski definition) is 3. The van der Waals surface area contributed by atoms with Crippen molar-refractivity contribution in [2.75, 3.05) is 28.9 Å².